The molecule has 0 spiro atoms. The maximum absolute atomic E-state index is 13.2. The Morgan fingerprint density at radius 2 is 2.00 bits per heavy atom. The standard InChI is InChI=1S/C16H12FNO/c17-15-3-1-2-12(9-15)10-18-7-6-14-8-13(11-19)4-5-16(14)18/h1-9,11H,10H2. The highest BCUT2D eigenvalue weighted by molar-refractivity contribution is 5.87. The SMILES string of the molecule is O=Cc1ccc2c(ccn2Cc2cccc(F)c2)c1. The molecular weight excluding hydrogens is 241 g/mol. The van der Waals surface area contributed by atoms with Crippen LogP contribution in [-0.4, -0.2) is 10.9 Å². The number of hydrogen-bond acceptors (Lipinski definition) is 1. The fourth-order valence-corrected chi connectivity index (χ4v) is 2.26. The highest BCUT2D eigenvalue weighted by Gasteiger charge is 2.03. The van der Waals surface area contributed by atoms with E-state index in [-0.39, 0.29) is 5.82 Å². The second-order valence-corrected chi connectivity index (χ2v) is 4.51. The van der Waals surface area contributed by atoms with Crippen LogP contribution in [0.3, 0.4) is 0 Å². The number of aromatic nitrogens is 1. The largest absolute Gasteiger partial charge is 0.343 e. The zero-order valence-electron chi connectivity index (χ0n) is 10.2. The number of halogens is 1. The molecule has 0 radical (unpaired) electrons. The second-order valence-electron chi connectivity index (χ2n) is 4.51. The Morgan fingerprint density at radius 1 is 1.11 bits per heavy atom. The van der Waals surface area contributed by atoms with Crippen LogP contribution >= 0.6 is 0 Å². The molecule has 2 nitrogen and oxygen atoms in total. The Bertz CT molecular complexity index is 745. The quantitative estimate of drug-likeness (QED) is 0.653. The molecule has 0 saturated carbocycles. The lowest BCUT2D eigenvalue weighted by Gasteiger charge is -2.06. The predicted molar refractivity (Wildman–Crippen MR) is 72.8 cm³/mol. The monoisotopic (exact) mass is 253 g/mol. The zero-order valence-corrected chi connectivity index (χ0v) is 10.2. The first kappa shape index (κ1) is 11.7. The van der Waals surface area contributed by atoms with Crippen molar-refractivity contribution >= 4 is 17.2 Å². The first-order valence-electron chi connectivity index (χ1n) is 6.05. The van der Waals surface area contributed by atoms with E-state index in [1.54, 1.807) is 12.1 Å². The topological polar surface area (TPSA) is 22.0 Å². The van der Waals surface area contributed by atoms with Gasteiger partial charge in [-0.05, 0) is 42.0 Å². The molecule has 0 unspecified atom stereocenters. The number of benzene rings is 2. The average molecular weight is 253 g/mol. The van der Waals surface area contributed by atoms with Crippen LogP contribution in [0, 0.1) is 5.82 Å². The van der Waals surface area contributed by atoms with E-state index >= 15 is 0 Å². The average Bonchev–Trinajstić information content (AvgIpc) is 2.81. The van der Waals surface area contributed by atoms with E-state index in [0.29, 0.717) is 12.1 Å². The normalized spacial score (nSPS) is 10.8. The van der Waals surface area contributed by atoms with E-state index in [1.807, 2.05) is 35.0 Å². The molecule has 19 heavy (non-hydrogen) atoms. The van der Waals surface area contributed by atoms with Crippen molar-refractivity contribution in [3.63, 3.8) is 0 Å². The van der Waals surface area contributed by atoms with Gasteiger partial charge < -0.3 is 4.57 Å². The summed E-state index contributed by atoms with van der Waals surface area (Å²) in [5.41, 5.74) is 2.61. The minimum Gasteiger partial charge on any atom is -0.343 e. The molecule has 0 fully saturated rings. The summed E-state index contributed by atoms with van der Waals surface area (Å²) in [5, 5.41) is 1.01. The molecule has 0 aliphatic heterocycles. The van der Waals surface area contributed by atoms with Gasteiger partial charge in [-0.25, -0.2) is 4.39 Å². The molecule has 0 bridgehead atoms. The Labute approximate surface area is 110 Å². The van der Waals surface area contributed by atoms with Crippen molar-refractivity contribution in [1.82, 2.24) is 4.57 Å². The summed E-state index contributed by atoms with van der Waals surface area (Å²) in [7, 11) is 0. The van der Waals surface area contributed by atoms with Crippen molar-refractivity contribution in [3.8, 4) is 0 Å². The number of carbonyl (C=O) groups excluding carboxylic acids is 1. The highest BCUT2D eigenvalue weighted by Crippen LogP contribution is 2.18. The first-order valence-corrected chi connectivity index (χ1v) is 6.05. The molecule has 0 N–H and O–H groups in total. The summed E-state index contributed by atoms with van der Waals surface area (Å²) < 4.78 is 15.2. The van der Waals surface area contributed by atoms with Gasteiger partial charge >= 0.3 is 0 Å². The molecule has 94 valence electrons. The van der Waals surface area contributed by atoms with Gasteiger partial charge in [0.25, 0.3) is 0 Å². The number of rotatable bonds is 3. The Hall–Kier alpha value is -2.42. The molecule has 0 amide bonds. The fourth-order valence-electron chi connectivity index (χ4n) is 2.26. The fraction of sp³-hybridized carbons (Fsp3) is 0.0625. The molecule has 0 saturated heterocycles. The van der Waals surface area contributed by atoms with Crippen LogP contribution < -0.4 is 0 Å². The van der Waals surface area contributed by atoms with E-state index in [2.05, 4.69) is 0 Å². The maximum Gasteiger partial charge on any atom is 0.150 e. The third kappa shape index (κ3) is 2.27. The van der Waals surface area contributed by atoms with E-state index in [4.69, 9.17) is 0 Å². The smallest absolute Gasteiger partial charge is 0.150 e. The van der Waals surface area contributed by atoms with Crippen LogP contribution in [0.1, 0.15) is 15.9 Å². The Morgan fingerprint density at radius 3 is 2.79 bits per heavy atom. The van der Waals surface area contributed by atoms with Gasteiger partial charge in [0.05, 0.1) is 0 Å². The number of aldehydes is 1. The Balaban J connectivity index is 1.99. The van der Waals surface area contributed by atoms with Gasteiger partial charge in [0.2, 0.25) is 0 Å². The van der Waals surface area contributed by atoms with Crippen LogP contribution in [0.4, 0.5) is 4.39 Å². The van der Waals surface area contributed by atoms with Gasteiger partial charge in [-0.2, -0.15) is 0 Å². The molecule has 3 heteroatoms. The van der Waals surface area contributed by atoms with E-state index < -0.39 is 0 Å². The third-order valence-electron chi connectivity index (χ3n) is 3.17. The van der Waals surface area contributed by atoms with Crippen molar-refractivity contribution in [2.45, 2.75) is 6.54 Å². The maximum atomic E-state index is 13.2. The number of nitrogens with zero attached hydrogens (tertiary/aromatic N) is 1. The van der Waals surface area contributed by atoms with Gasteiger partial charge in [-0.3, -0.25) is 4.79 Å². The van der Waals surface area contributed by atoms with Crippen molar-refractivity contribution in [3.05, 3.63) is 71.7 Å². The molecule has 1 heterocycles. The summed E-state index contributed by atoms with van der Waals surface area (Å²) in [4.78, 5) is 10.7. The van der Waals surface area contributed by atoms with Crippen molar-refractivity contribution in [1.29, 1.82) is 0 Å². The third-order valence-corrected chi connectivity index (χ3v) is 3.17. The predicted octanol–water partition coefficient (Wildman–Crippen LogP) is 3.64. The molecular formula is C16H12FNO. The molecule has 0 aliphatic carbocycles. The van der Waals surface area contributed by atoms with Crippen molar-refractivity contribution in [2.75, 3.05) is 0 Å². The van der Waals surface area contributed by atoms with Crippen LogP contribution in [-0.2, 0) is 6.54 Å². The minimum atomic E-state index is -0.225. The molecule has 1 aromatic heterocycles. The van der Waals surface area contributed by atoms with E-state index in [1.165, 1.54) is 12.1 Å². The number of hydrogen-bond donors (Lipinski definition) is 0. The van der Waals surface area contributed by atoms with Gasteiger partial charge in [0.1, 0.15) is 12.1 Å². The lowest BCUT2D eigenvalue weighted by atomic mass is 10.2. The molecule has 0 aliphatic rings. The minimum absolute atomic E-state index is 0.225. The summed E-state index contributed by atoms with van der Waals surface area (Å²) in [6.07, 6.45) is 2.79. The van der Waals surface area contributed by atoms with Crippen LogP contribution in [0.5, 0.6) is 0 Å². The molecule has 3 aromatic rings. The van der Waals surface area contributed by atoms with Crippen LogP contribution in [0.2, 0.25) is 0 Å². The van der Waals surface area contributed by atoms with Gasteiger partial charge in [-0.1, -0.05) is 12.1 Å². The van der Waals surface area contributed by atoms with Gasteiger partial charge in [0, 0.05) is 29.2 Å². The Kier molecular flexibility index (Phi) is 2.88. The summed E-state index contributed by atoms with van der Waals surface area (Å²) >= 11 is 0. The van der Waals surface area contributed by atoms with Crippen LogP contribution in [0.15, 0.2) is 54.7 Å². The summed E-state index contributed by atoms with van der Waals surface area (Å²) in [6, 6.07) is 14.1. The van der Waals surface area contributed by atoms with E-state index in [9.17, 15) is 9.18 Å². The first-order chi connectivity index (χ1) is 9.26. The number of carbonyl (C=O) groups is 1. The van der Waals surface area contributed by atoms with E-state index in [0.717, 1.165) is 22.8 Å². The van der Waals surface area contributed by atoms with Crippen molar-refractivity contribution in [2.24, 2.45) is 0 Å². The lowest BCUT2D eigenvalue weighted by Crippen LogP contribution is -1.98. The summed E-state index contributed by atoms with van der Waals surface area (Å²) in [6.45, 7) is 0.613. The van der Waals surface area contributed by atoms with Gasteiger partial charge in [0.15, 0.2) is 0 Å². The highest BCUT2D eigenvalue weighted by atomic mass is 19.1. The van der Waals surface area contributed by atoms with Crippen molar-refractivity contribution < 1.29 is 9.18 Å². The zero-order chi connectivity index (χ0) is 13.2. The number of fused-ring (bicyclic) bond motifs is 1. The molecule has 2 aromatic carbocycles. The second kappa shape index (κ2) is 4.69. The molecule has 3 rings (SSSR count). The molecule has 0 atom stereocenters. The lowest BCUT2D eigenvalue weighted by molar-refractivity contribution is 0.112. The van der Waals surface area contributed by atoms with Gasteiger partial charge in [-0.15, -0.1) is 0 Å². The van der Waals surface area contributed by atoms with Crippen LogP contribution in [0.25, 0.3) is 10.9 Å². The summed E-state index contributed by atoms with van der Waals surface area (Å²) in [5.74, 6) is -0.225.